The summed E-state index contributed by atoms with van der Waals surface area (Å²) >= 11 is 0. The normalized spacial score (nSPS) is 35.5. The number of allylic oxidation sites excluding steroid dienone is 1. The summed E-state index contributed by atoms with van der Waals surface area (Å²) in [5, 5.41) is 0. The van der Waals surface area contributed by atoms with Crippen molar-refractivity contribution < 1.29 is 33.4 Å². The van der Waals surface area contributed by atoms with Crippen molar-refractivity contribution in [1.82, 2.24) is 0 Å². The number of carbonyl (C=O) groups excluding carboxylic acids is 4. The van der Waals surface area contributed by atoms with Crippen molar-refractivity contribution >= 4 is 23.7 Å². The Hall–Kier alpha value is -3.22. The van der Waals surface area contributed by atoms with Gasteiger partial charge in [-0.3, -0.25) is 14.4 Å². The number of hydrogen-bond donors (Lipinski definition) is 0. The van der Waals surface area contributed by atoms with Gasteiger partial charge in [-0.2, -0.15) is 0 Å². The summed E-state index contributed by atoms with van der Waals surface area (Å²) in [6.07, 6.45) is 1.63. The summed E-state index contributed by atoms with van der Waals surface area (Å²) < 4.78 is 17.9. The number of rotatable bonds is 4. The van der Waals surface area contributed by atoms with Crippen molar-refractivity contribution in [3.05, 3.63) is 59.7 Å². The van der Waals surface area contributed by atoms with E-state index in [-0.39, 0.29) is 29.5 Å². The maximum Gasteiger partial charge on any atom is 0.338 e. The van der Waals surface area contributed by atoms with Gasteiger partial charge in [-0.05, 0) is 66.2 Å². The number of Topliss-reactive ketones (excluding diaryl/α,β-unsaturated/α-hetero) is 1. The van der Waals surface area contributed by atoms with Gasteiger partial charge in [0.25, 0.3) is 0 Å². The molecule has 0 spiro atoms. The fraction of sp³-hybridized carbons (Fsp3) is 0.548. The SMILES string of the molecule is C=C1CCC2C(/C=C(\C)C(=O)[C@@]3(OC(C)=O)CC(C)[C@H](OC(=O)c4ccccc4)[C@@H]3C1OC(C)=O)C2(C)C. The van der Waals surface area contributed by atoms with E-state index in [1.54, 1.807) is 37.3 Å². The second kappa shape index (κ2) is 10.2. The Morgan fingerprint density at radius 1 is 1.03 bits per heavy atom. The minimum Gasteiger partial charge on any atom is -0.458 e. The number of carbonyl (C=O) groups is 4. The number of hydrogen-bond acceptors (Lipinski definition) is 7. The Morgan fingerprint density at radius 2 is 1.68 bits per heavy atom. The highest BCUT2D eigenvalue weighted by Gasteiger charge is 2.65. The monoisotopic (exact) mass is 522 g/mol. The first-order valence-electron chi connectivity index (χ1n) is 13.3. The second-order valence-electron chi connectivity index (χ2n) is 11.8. The summed E-state index contributed by atoms with van der Waals surface area (Å²) in [6, 6.07) is 8.56. The molecule has 3 aliphatic carbocycles. The molecule has 1 aromatic carbocycles. The van der Waals surface area contributed by atoms with Crippen molar-refractivity contribution in [2.24, 2.45) is 29.1 Å². The largest absolute Gasteiger partial charge is 0.458 e. The third kappa shape index (κ3) is 4.95. The standard InChI is InChI=1S/C31H38O7/c1-17-13-14-23-24(30(23,6)7)15-18(2)28(34)31(38-21(5)33)16-19(3)27(25(31)26(17)36-20(4)32)37-29(35)22-11-9-8-10-12-22/h8-12,15,19,23-27H,1,13-14,16H2,2-7H3/b18-15+/t19?,23?,24?,25-,26?,27-,31+/m0/s1. The van der Waals surface area contributed by atoms with E-state index in [2.05, 4.69) is 20.4 Å². The van der Waals surface area contributed by atoms with Crippen molar-refractivity contribution in [2.45, 2.75) is 78.6 Å². The average Bonchev–Trinajstić information content (AvgIpc) is 3.24. The van der Waals surface area contributed by atoms with Crippen LogP contribution in [0.2, 0.25) is 0 Å². The maximum atomic E-state index is 14.3. The lowest BCUT2D eigenvalue weighted by Crippen LogP contribution is -2.55. The zero-order chi connectivity index (χ0) is 28.0. The molecule has 0 amide bonds. The van der Waals surface area contributed by atoms with Crippen LogP contribution in [-0.4, -0.2) is 41.5 Å². The minimum absolute atomic E-state index is 0.0165. The van der Waals surface area contributed by atoms with E-state index in [1.807, 2.05) is 13.0 Å². The molecule has 38 heavy (non-hydrogen) atoms. The molecule has 7 nitrogen and oxygen atoms in total. The van der Waals surface area contributed by atoms with Crippen molar-refractivity contribution in [2.75, 3.05) is 0 Å². The molecule has 1 aromatic rings. The van der Waals surface area contributed by atoms with Crippen LogP contribution >= 0.6 is 0 Å². The van der Waals surface area contributed by atoms with Gasteiger partial charge in [0, 0.05) is 20.3 Å². The van der Waals surface area contributed by atoms with E-state index in [4.69, 9.17) is 14.2 Å². The molecule has 0 bridgehead atoms. The molecule has 4 rings (SSSR count). The van der Waals surface area contributed by atoms with Gasteiger partial charge in [0.15, 0.2) is 5.60 Å². The molecule has 7 heteroatoms. The molecule has 2 saturated carbocycles. The quantitative estimate of drug-likeness (QED) is 0.303. The summed E-state index contributed by atoms with van der Waals surface area (Å²) in [7, 11) is 0. The molecule has 0 aromatic heterocycles. The third-order valence-corrected chi connectivity index (χ3v) is 8.77. The van der Waals surface area contributed by atoms with Gasteiger partial charge in [-0.1, -0.05) is 51.6 Å². The zero-order valence-corrected chi connectivity index (χ0v) is 23.1. The van der Waals surface area contributed by atoms with Crippen molar-refractivity contribution in [3.8, 4) is 0 Å². The highest BCUT2D eigenvalue weighted by molar-refractivity contribution is 6.03. The zero-order valence-electron chi connectivity index (χ0n) is 23.1. The molecule has 0 saturated heterocycles. The van der Waals surface area contributed by atoms with Gasteiger partial charge in [-0.25, -0.2) is 4.79 Å². The molecule has 0 radical (unpaired) electrons. The minimum atomic E-state index is -1.69. The number of ether oxygens (including phenoxy) is 3. The van der Waals surface area contributed by atoms with Crippen LogP contribution in [0.15, 0.2) is 54.1 Å². The molecular weight excluding hydrogens is 484 g/mol. The van der Waals surface area contributed by atoms with Gasteiger partial charge in [-0.15, -0.1) is 0 Å². The third-order valence-electron chi connectivity index (χ3n) is 8.77. The smallest absolute Gasteiger partial charge is 0.338 e. The Labute approximate surface area is 224 Å². The van der Waals surface area contributed by atoms with Gasteiger partial charge in [0.1, 0.15) is 12.2 Å². The molecule has 4 unspecified atom stereocenters. The van der Waals surface area contributed by atoms with E-state index in [1.165, 1.54) is 13.8 Å². The predicted molar refractivity (Wildman–Crippen MR) is 141 cm³/mol. The van der Waals surface area contributed by atoms with E-state index < -0.39 is 41.6 Å². The predicted octanol–water partition coefficient (Wildman–Crippen LogP) is 5.24. The van der Waals surface area contributed by atoms with Crippen LogP contribution in [0.4, 0.5) is 0 Å². The van der Waals surface area contributed by atoms with Crippen molar-refractivity contribution in [3.63, 3.8) is 0 Å². The fourth-order valence-electron chi connectivity index (χ4n) is 6.80. The molecular formula is C31H38O7. The number of esters is 3. The average molecular weight is 523 g/mol. The number of fused-ring (bicyclic) bond motifs is 2. The summed E-state index contributed by atoms with van der Waals surface area (Å²) in [5.41, 5.74) is -0.203. The van der Waals surface area contributed by atoms with E-state index in [9.17, 15) is 19.2 Å². The first-order chi connectivity index (χ1) is 17.8. The maximum absolute atomic E-state index is 14.3. The summed E-state index contributed by atoms with van der Waals surface area (Å²) in [6.45, 7) is 14.8. The highest BCUT2D eigenvalue weighted by Crippen LogP contribution is 2.62. The highest BCUT2D eigenvalue weighted by atomic mass is 16.6. The molecule has 0 heterocycles. The lowest BCUT2D eigenvalue weighted by Gasteiger charge is -2.39. The Bertz CT molecular complexity index is 1180. The molecule has 7 atom stereocenters. The molecule has 204 valence electrons. The van der Waals surface area contributed by atoms with Gasteiger partial charge in [0.05, 0.1) is 11.5 Å². The van der Waals surface area contributed by atoms with Crippen LogP contribution in [-0.2, 0) is 28.6 Å². The Balaban J connectivity index is 1.87. The van der Waals surface area contributed by atoms with Gasteiger partial charge in [0.2, 0.25) is 5.78 Å². The fourth-order valence-corrected chi connectivity index (χ4v) is 6.80. The molecule has 2 fully saturated rings. The van der Waals surface area contributed by atoms with Gasteiger partial charge < -0.3 is 14.2 Å². The van der Waals surface area contributed by atoms with Crippen molar-refractivity contribution in [1.29, 1.82) is 0 Å². The van der Waals surface area contributed by atoms with Crippen LogP contribution < -0.4 is 0 Å². The molecule has 3 aliphatic rings. The topological polar surface area (TPSA) is 96.0 Å². The van der Waals surface area contributed by atoms with E-state index in [0.717, 1.165) is 6.42 Å². The van der Waals surface area contributed by atoms with Crippen LogP contribution in [0.5, 0.6) is 0 Å². The second-order valence-corrected chi connectivity index (χ2v) is 11.8. The van der Waals surface area contributed by atoms with Gasteiger partial charge >= 0.3 is 17.9 Å². The molecule has 0 N–H and O–H groups in total. The first-order valence-corrected chi connectivity index (χ1v) is 13.3. The van der Waals surface area contributed by atoms with Crippen LogP contribution in [0.1, 0.15) is 71.2 Å². The van der Waals surface area contributed by atoms with Crippen LogP contribution in [0.25, 0.3) is 0 Å². The summed E-state index contributed by atoms with van der Waals surface area (Å²) in [4.78, 5) is 52.4. The van der Waals surface area contributed by atoms with E-state index >= 15 is 0 Å². The molecule has 0 aliphatic heterocycles. The number of ketones is 1. The van der Waals surface area contributed by atoms with Crippen LogP contribution in [0.3, 0.4) is 0 Å². The lowest BCUT2D eigenvalue weighted by atomic mass is 9.76. The number of benzene rings is 1. The van der Waals surface area contributed by atoms with Crippen LogP contribution in [0, 0.1) is 29.1 Å². The summed E-state index contributed by atoms with van der Waals surface area (Å²) in [5.74, 6) is -2.89. The first kappa shape index (κ1) is 27.8. The van der Waals surface area contributed by atoms with E-state index in [0.29, 0.717) is 29.0 Å². The lowest BCUT2D eigenvalue weighted by molar-refractivity contribution is -0.179. The Kier molecular flexibility index (Phi) is 7.43. The Morgan fingerprint density at radius 3 is 2.29 bits per heavy atom.